The number of halogens is 1. The summed E-state index contributed by atoms with van der Waals surface area (Å²) in [5.74, 6) is 2.04. The Balaban J connectivity index is 2.48. The number of nitrogens with zero attached hydrogens (tertiary/aromatic N) is 3. The summed E-state index contributed by atoms with van der Waals surface area (Å²) < 4.78 is 2.05. The smallest absolute Gasteiger partial charge is 0.358 e. The summed E-state index contributed by atoms with van der Waals surface area (Å²) in [5, 5.41) is 14.4. The molecule has 0 saturated carbocycles. The Morgan fingerprint density at radius 3 is 3.00 bits per heavy atom. The second-order valence-corrected chi connectivity index (χ2v) is 5.12. The average Bonchev–Trinajstić information content (AvgIpc) is 2.55. The van der Waals surface area contributed by atoms with Gasteiger partial charge < -0.3 is 10.1 Å². The van der Waals surface area contributed by atoms with Crippen LogP contribution in [0.25, 0.3) is 0 Å². The van der Waals surface area contributed by atoms with E-state index in [-0.39, 0.29) is 5.82 Å². The number of nitro groups is 1. The molecule has 1 aromatic rings. The summed E-state index contributed by atoms with van der Waals surface area (Å²) in [6, 6.07) is 0. The quantitative estimate of drug-likeness (QED) is 0.460. The van der Waals surface area contributed by atoms with Crippen molar-refractivity contribution in [2.45, 2.75) is 19.9 Å². The number of hydrogen-bond donors (Lipinski definition) is 0. The fourth-order valence-electron chi connectivity index (χ4n) is 1.10. The van der Waals surface area contributed by atoms with E-state index in [4.69, 9.17) is 0 Å². The van der Waals surface area contributed by atoms with Gasteiger partial charge in [0.2, 0.25) is 0 Å². The zero-order valence-electron chi connectivity index (χ0n) is 8.35. The Kier molecular flexibility index (Phi) is 5.10. The molecule has 0 aromatic carbocycles. The topological polar surface area (TPSA) is 61.0 Å². The fraction of sp³-hybridized carbons (Fsp3) is 0.625. The Morgan fingerprint density at radius 2 is 2.47 bits per heavy atom. The number of hydrogen-bond acceptors (Lipinski definition) is 4. The molecule has 0 spiro atoms. The van der Waals surface area contributed by atoms with E-state index in [1.165, 1.54) is 0 Å². The summed E-state index contributed by atoms with van der Waals surface area (Å²) in [6.07, 6.45) is 2.62. The molecule has 0 aliphatic rings. The van der Waals surface area contributed by atoms with Gasteiger partial charge in [0.25, 0.3) is 0 Å². The van der Waals surface area contributed by atoms with Crippen molar-refractivity contribution in [3.63, 3.8) is 0 Å². The highest BCUT2D eigenvalue weighted by atomic mass is 79.9. The molecule has 0 atom stereocenters. The molecule has 7 heteroatoms. The predicted octanol–water partition coefficient (Wildman–Crippen LogP) is 2.70. The lowest BCUT2D eigenvalue weighted by Crippen LogP contribution is -2.00. The minimum Gasteiger partial charge on any atom is -0.358 e. The first-order valence-corrected chi connectivity index (χ1v) is 6.55. The molecule has 0 unspecified atom stereocenters. The third-order valence-corrected chi connectivity index (χ3v) is 3.30. The van der Waals surface area contributed by atoms with Crippen molar-refractivity contribution in [3.8, 4) is 0 Å². The van der Waals surface area contributed by atoms with Crippen molar-refractivity contribution in [1.82, 2.24) is 9.78 Å². The van der Waals surface area contributed by atoms with Gasteiger partial charge in [0.1, 0.15) is 4.47 Å². The first-order chi connectivity index (χ1) is 7.15. The highest BCUT2D eigenvalue weighted by Crippen LogP contribution is 2.22. The van der Waals surface area contributed by atoms with Crippen LogP contribution in [0.5, 0.6) is 0 Å². The van der Waals surface area contributed by atoms with E-state index in [0.717, 1.165) is 24.5 Å². The molecule has 0 N–H and O–H groups in total. The second-order valence-electron chi connectivity index (χ2n) is 2.87. The summed E-state index contributed by atoms with van der Waals surface area (Å²) in [4.78, 5) is 10.0. The Bertz CT molecular complexity index is 343. The number of thioether (sulfide) groups is 1. The molecule has 0 radical (unpaired) electrons. The third kappa shape index (κ3) is 3.83. The third-order valence-electron chi connectivity index (χ3n) is 1.75. The van der Waals surface area contributed by atoms with Crippen LogP contribution in [0.15, 0.2) is 10.7 Å². The van der Waals surface area contributed by atoms with Gasteiger partial charge in [-0.05, 0) is 38.8 Å². The first-order valence-electron chi connectivity index (χ1n) is 4.60. The highest BCUT2D eigenvalue weighted by Gasteiger charge is 2.17. The number of aromatic nitrogens is 2. The van der Waals surface area contributed by atoms with Gasteiger partial charge in [0.05, 0.1) is 17.8 Å². The van der Waals surface area contributed by atoms with Crippen LogP contribution in [0.2, 0.25) is 0 Å². The van der Waals surface area contributed by atoms with Gasteiger partial charge in [-0.2, -0.15) is 16.4 Å². The molecular formula is C8H12BrN3O2S. The molecule has 0 saturated heterocycles. The van der Waals surface area contributed by atoms with E-state index in [0.29, 0.717) is 4.47 Å². The maximum atomic E-state index is 10.5. The maximum Gasteiger partial charge on any atom is 0.404 e. The fourth-order valence-corrected chi connectivity index (χ4v) is 2.18. The summed E-state index contributed by atoms with van der Waals surface area (Å²) >= 11 is 4.97. The van der Waals surface area contributed by atoms with E-state index in [9.17, 15) is 10.1 Å². The zero-order chi connectivity index (χ0) is 11.3. The van der Waals surface area contributed by atoms with Crippen molar-refractivity contribution in [2.24, 2.45) is 0 Å². The van der Waals surface area contributed by atoms with Crippen LogP contribution in [0.1, 0.15) is 13.3 Å². The minimum absolute atomic E-state index is 0.113. The molecule has 1 aromatic heterocycles. The maximum absolute atomic E-state index is 10.5. The predicted molar refractivity (Wildman–Crippen MR) is 64.2 cm³/mol. The van der Waals surface area contributed by atoms with Gasteiger partial charge in [-0.3, -0.25) is 0 Å². The molecule has 84 valence electrons. The van der Waals surface area contributed by atoms with Gasteiger partial charge >= 0.3 is 5.82 Å². The summed E-state index contributed by atoms with van der Waals surface area (Å²) in [7, 11) is 0. The van der Waals surface area contributed by atoms with E-state index < -0.39 is 4.92 Å². The normalized spacial score (nSPS) is 10.5. The first kappa shape index (κ1) is 12.5. The zero-order valence-corrected chi connectivity index (χ0v) is 10.8. The molecule has 15 heavy (non-hydrogen) atoms. The molecule has 5 nitrogen and oxygen atoms in total. The average molecular weight is 294 g/mol. The number of rotatable bonds is 6. The summed E-state index contributed by atoms with van der Waals surface area (Å²) in [5.41, 5.74) is 0. The van der Waals surface area contributed by atoms with E-state index in [2.05, 4.69) is 28.0 Å². The van der Waals surface area contributed by atoms with Gasteiger partial charge in [-0.1, -0.05) is 6.92 Å². The Morgan fingerprint density at radius 1 is 1.73 bits per heavy atom. The Labute approximate surface area is 101 Å². The molecular weight excluding hydrogens is 282 g/mol. The van der Waals surface area contributed by atoms with Crippen LogP contribution in [-0.2, 0) is 6.54 Å². The lowest BCUT2D eigenvalue weighted by atomic mass is 10.5. The standard InChI is InChI=1S/C8H12BrN3O2S/c1-2-15-5-3-4-11-6-7(9)8(10-11)12(13)14/h6H,2-5H2,1H3. The van der Waals surface area contributed by atoms with E-state index in [1.54, 1.807) is 10.9 Å². The SMILES string of the molecule is CCSCCCn1cc(Br)c([N+](=O)[O-])n1. The van der Waals surface area contributed by atoms with Crippen LogP contribution in [0.4, 0.5) is 5.82 Å². The van der Waals surface area contributed by atoms with Crippen LogP contribution in [0, 0.1) is 10.1 Å². The van der Waals surface area contributed by atoms with Crippen molar-refractivity contribution < 1.29 is 4.92 Å². The molecule has 0 bridgehead atoms. The highest BCUT2D eigenvalue weighted by molar-refractivity contribution is 9.10. The van der Waals surface area contributed by atoms with Gasteiger partial charge in [-0.15, -0.1) is 0 Å². The van der Waals surface area contributed by atoms with Crippen molar-refractivity contribution in [3.05, 3.63) is 20.8 Å². The van der Waals surface area contributed by atoms with Crippen LogP contribution in [0.3, 0.4) is 0 Å². The summed E-state index contributed by atoms with van der Waals surface area (Å²) in [6.45, 7) is 2.83. The molecule has 0 aliphatic heterocycles. The lowest BCUT2D eigenvalue weighted by molar-refractivity contribution is -0.390. The minimum atomic E-state index is -0.485. The van der Waals surface area contributed by atoms with Crippen molar-refractivity contribution in [1.29, 1.82) is 0 Å². The Hall–Kier alpha value is -0.560. The molecule has 1 rings (SSSR count). The van der Waals surface area contributed by atoms with Gasteiger partial charge in [0.15, 0.2) is 0 Å². The van der Waals surface area contributed by atoms with Crippen molar-refractivity contribution in [2.75, 3.05) is 11.5 Å². The molecule has 1 heterocycles. The monoisotopic (exact) mass is 293 g/mol. The van der Waals surface area contributed by atoms with Crippen LogP contribution in [-0.4, -0.2) is 26.2 Å². The van der Waals surface area contributed by atoms with E-state index in [1.807, 2.05) is 11.8 Å². The second kappa shape index (κ2) is 6.12. The molecule has 0 aliphatic carbocycles. The van der Waals surface area contributed by atoms with Gasteiger partial charge in [0, 0.05) is 0 Å². The van der Waals surface area contributed by atoms with Crippen LogP contribution >= 0.6 is 27.7 Å². The molecule has 0 amide bonds. The number of aryl methyl sites for hydroxylation is 1. The van der Waals surface area contributed by atoms with Crippen LogP contribution < -0.4 is 0 Å². The largest absolute Gasteiger partial charge is 0.404 e. The molecule has 0 fully saturated rings. The van der Waals surface area contributed by atoms with Gasteiger partial charge in [-0.25, -0.2) is 0 Å². The van der Waals surface area contributed by atoms with E-state index >= 15 is 0 Å². The van der Waals surface area contributed by atoms with Crippen molar-refractivity contribution >= 4 is 33.5 Å². The lowest BCUT2D eigenvalue weighted by Gasteiger charge is -1.96.